The van der Waals surface area contributed by atoms with Crippen LogP contribution in [0.1, 0.15) is 75.3 Å². The van der Waals surface area contributed by atoms with E-state index in [0.717, 1.165) is 75.8 Å². The van der Waals surface area contributed by atoms with E-state index >= 15 is 0 Å². The Morgan fingerprint density at radius 3 is 1.42 bits per heavy atom. The van der Waals surface area contributed by atoms with Crippen molar-refractivity contribution in [2.45, 2.75) is 89.5 Å². The van der Waals surface area contributed by atoms with Crippen LogP contribution in [-0.2, 0) is 32.3 Å². The summed E-state index contributed by atoms with van der Waals surface area (Å²) < 4.78 is 11.2. The first-order chi connectivity index (χ1) is 18.7. The van der Waals surface area contributed by atoms with Gasteiger partial charge in [0.1, 0.15) is 25.3 Å². The van der Waals surface area contributed by atoms with E-state index in [4.69, 9.17) is 9.47 Å². The minimum absolute atomic E-state index is 0.0736. The molecular formula is C32H44N2O4. The van der Waals surface area contributed by atoms with Crippen LogP contribution >= 0.6 is 0 Å². The van der Waals surface area contributed by atoms with Crippen molar-refractivity contribution in [3.8, 4) is 0 Å². The summed E-state index contributed by atoms with van der Waals surface area (Å²) in [4.78, 5) is 29.9. The number of hydrogen-bond acceptors (Lipinski definition) is 6. The Morgan fingerprint density at radius 2 is 1.00 bits per heavy atom. The van der Waals surface area contributed by atoms with Gasteiger partial charge in [-0.25, -0.2) is 0 Å². The van der Waals surface area contributed by atoms with Crippen molar-refractivity contribution in [3.63, 3.8) is 0 Å². The van der Waals surface area contributed by atoms with Gasteiger partial charge in [0.05, 0.1) is 0 Å². The molecule has 4 rings (SSSR count). The highest BCUT2D eigenvalue weighted by Crippen LogP contribution is 2.22. The van der Waals surface area contributed by atoms with Crippen LogP contribution in [0.3, 0.4) is 0 Å². The number of unbranched alkanes of at least 4 members (excludes halogenated alkanes) is 5. The average molecular weight is 521 g/mol. The number of benzene rings is 2. The highest BCUT2D eigenvalue weighted by atomic mass is 16.5. The molecule has 0 bridgehead atoms. The molecule has 38 heavy (non-hydrogen) atoms. The quantitative estimate of drug-likeness (QED) is 0.220. The monoisotopic (exact) mass is 520 g/mol. The Hall–Kier alpha value is -2.70. The Morgan fingerprint density at radius 1 is 0.605 bits per heavy atom. The highest BCUT2D eigenvalue weighted by Gasteiger charge is 2.32. The Bertz CT molecular complexity index is 888. The van der Waals surface area contributed by atoms with Crippen LogP contribution in [0.15, 0.2) is 60.7 Å². The van der Waals surface area contributed by atoms with Gasteiger partial charge in [-0.3, -0.25) is 19.4 Å². The molecule has 2 aromatic rings. The predicted octanol–water partition coefficient (Wildman–Crippen LogP) is 5.74. The molecule has 2 saturated heterocycles. The van der Waals surface area contributed by atoms with Crippen molar-refractivity contribution in [3.05, 3.63) is 71.8 Å². The van der Waals surface area contributed by atoms with Gasteiger partial charge in [-0.2, -0.15) is 0 Å². The minimum atomic E-state index is -0.0773. The summed E-state index contributed by atoms with van der Waals surface area (Å²) in [5.41, 5.74) is 2.07. The molecule has 0 N–H and O–H groups in total. The molecule has 2 fully saturated rings. The van der Waals surface area contributed by atoms with E-state index in [1.165, 1.54) is 25.7 Å². The normalized spacial score (nSPS) is 20.0. The van der Waals surface area contributed by atoms with E-state index in [2.05, 4.69) is 9.80 Å². The summed E-state index contributed by atoms with van der Waals surface area (Å²) in [6.45, 7) is 4.66. The van der Waals surface area contributed by atoms with Gasteiger partial charge in [0.2, 0.25) is 0 Å². The first kappa shape index (κ1) is 28.3. The second-order valence-corrected chi connectivity index (χ2v) is 10.7. The molecule has 2 aliphatic heterocycles. The van der Waals surface area contributed by atoms with E-state index in [9.17, 15) is 9.59 Å². The summed E-state index contributed by atoms with van der Waals surface area (Å²) in [6.07, 6.45) is 11.0. The third kappa shape index (κ3) is 8.95. The summed E-state index contributed by atoms with van der Waals surface area (Å²) in [5, 5.41) is 0. The smallest absolute Gasteiger partial charge is 0.323 e. The number of ether oxygens (including phenoxy) is 2. The molecule has 0 aliphatic carbocycles. The van der Waals surface area contributed by atoms with E-state index < -0.39 is 0 Å². The third-order valence-corrected chi connectivity index (χ3v) is 7.86. The molecule has 6 nitrogen and oxygen atoms in total. The first-order valence-corrected chi connectivity index (χ1v) is 14.6. The van der Waals surface area contributed by atoms with Gasteiger partial charge in [0.25, 0.3) is 0 Å². The van der Waals surface area contributed by atoms with Crippen LogP contribution < -0.4 is 0 Å². The number of hydrogen-bond donors (Lipinski definition) is 0. The van der Waals surface area contributed by atoms with Crippen molar-refractivity contribution >= 4 is 11.9 Å². The maximum atomic E-state index is 12.6. The molecular weight excluding hydrogens is 476 g/mol. The van der Waals surface area contributed by atoms with Crippen LogP contribution in [0.25, 0.3) is 0 Å². The molecule has 6 heteroatoms. The molecule has 0 spiro atoms. The zero-order valence-electron chi connectivity index (χ0n) is 22.8. The van der Waals surface area contributed by atoms with Crippen molar-refractivity contribution < 1.29 is 19.1 Å². The van der Waals surface area contributed by atoms with E-state index in [-0.39, 0.29) is 24.0 Å². The second kappa shape index (κ2) is 15.6. The number of carbonyl (C=O) groups is 2. The summed E-state index contributed by atoms with van der Waals surface area (Å²) in [7, 11) is 0. The lowest BCUT2D eigenvalue weighted by Crippen LogP contribution is -2.37. The predicted molar refractivity (Wildman–Crippen MR) is 149 cm³/mol. The molecule has 2 heterocycles. The summed E-state index contributed by atoms with van der Waals surface area (Å²) >= 11 is 0. The van der Waals surface area contributed by atoms with Gasteiger partial charge in [-0.05, 0) is 75.8 Å². The molecule has 2 aliphatic rings. The zero-order chi connectivity index (χ0) is 26.4. The summed E-state index contributed by atoms with van der Waals surface area (Å²) in [5.74, 6) is -0.147. The topological polar surface area (TPSA) is 59.1 Å². The molecule has 0 aromatic heterocycles. The molecule has 0 radical (unpaired) electrons. The molecule has 0 saturated carbocycles. The lowest BCUT2D eigenvalue weighted by Gasteiger charge is -2.23. The SMILES string of the molecule is O=C(OCc1ccccc1)[C@H]1CCCN1CCCCCCCCN1CCC[C@@H]1C(=O)OCc1ccccc1. The largest absolute Gasteiger partial charge is 0.460 e. The maximum Gasteiger partial charge on any atom is 0.323 e. The standard InChI is InChI=1S/C32H44N2O4/c35-31(37-25-27-15-7-5-8-16-27)29-19-13-23-33(29)21-11-3-1-2-4-12-22-34-24-14-20-30(34)32(36)38-26-28-17-9-6-10-18-28/h5-10,15-18,29-30H,1-4,11-14,19-26H2/t29-,30-/m1/s1. The molecule has 0 amide bonds. The van der Waals surface area contributed by atoms with Gasteiger partial charge in [0, 0.05) is 0 Å². The van der Waals surface area contributed by atoms with Gasteiger partial charge >= 0.3 is 11.9 Å². The average Bonchev–Trinajstić information content (AvgIpc) is 3.63. The minimum Gasteiger partial charge on any atom is -0.460 e. The number of likely N-dealkylation sites (tertiary alicyclic amines) is 2. The van der Waals surface area contributed by atoms with Crippen molar-refractivity contribution in [2.75, 3.05) is 26.2 Å². The van der Waals surface area contributed by atoms with Gasteiger partial charge in [-0.1, -0.05) is 86.3 Å². The van der Waals surface area contributed by atoms with Gasteiger partial charge in [-0.15, -0.1) is 0 Å². The molecule has 206 valence electrons. The number of carbonyl (C=O) groups excluding carboxylic acids is 2. The molecule has 0 unspecified atom stereocenters. The first-order valence-electron chi connectivity index (χ1n) is 14.6. The van der Waals surface area contributed by atoms with Crippen LogP contribution in [-0.4, -0.2) is 60.0 Å². The maximum absolute atomic E-state index is 12.6. The van der Waals surface area contributed by atoms with E-state index in [0.29, 0.717) is 13.2 Å². The Labute approximate surface area is 228 Å². The number of rotatable bonds is 15. The lowest BCUT2D eigenvalue weighted by molar-refractivity contribution is -0.151. The molecule has 2 atom stereocenters. The third-order valence-electron chi connectivity index (χ3n) is 7.86. The highest BCUT2D eigenvalue weighted by molar-refractivity contribution is 5.76. The lowest BCUT2D eigenvalue weighted by atomic mass is 10.1. The Kier molecular flexibility index (Phi) is 11.7. The zero-order valence-corrected chi connectivity index (χ0v) is 22.8. The van der Waals surface area contributed by atoms with Crippen LogP contribution in [0.5, 0.6) is 0 Å². The van der Waals surface area contributed by atoms with E-state index in [1.807, 2.05) is 60.7 Å². The fourth-order valence-corrected chi connectivity index (χ4v) is 5.71. The van der Waals surface area contributed by atoms with Crippen LogP contribution in [0, 0.1) is 0 Å². The second-order valence-electron chi connectivity index (χ2n) is 10.7. The van der Waals surface area contributed by atoms with Crippen molar-refractivity contribution in [2.24, 2.45) is 0 Å². The van der Waals surface area contributed by atoms with Crippen LogP contribution in [0.2, 0.25) is 0 Å². The van der Waals surface area contributed by atoms with Crippen molar-refractivity contribution in [1.82, 2.24) is 9.80 Å². The number of esters is 2. The fourth-order valence-electron chi connectivity index (χ4n) is 5.71. The van der Waals surface area contributed by atoms with Crippen molar-refractivity contribution in [1.29, 1.82) is 0 Å². The Balaban J connectivity index is 1.04. The van der Waals surface area contributed by atoms with Gasteiger partial charge in [0.15, 0.2) is 0 Å². The fraction of sp³-hybridized carbons (Fsp3) is 0.562. The number of nitrogens with zero attached hydrogens (tertiary/aromatic N) is 2. The van der Waals surface area contributed by atoms with Gasteiger partial charge < -0.3 is 9.47 Å². The molecule has 2 aromatic carbocycles. The van der Waals surface area contributed by atoms with E-state index in [1.54, 1.807) is 0 Å². The summed E-state index contributed by atoms with van der Waals surface area (Å²) in [6, 6.07) is 19.6. The van der Waals surface area contributed by atoms with Crippen LogP contribution in [0.4, 0.5) is 0 Å².